The van der Waals surface area contributed by atoms with Crippen molar-refractivity contribution in [2.24, 2.45) is 10.9 Å². The van der Waals surface area contributed by atoms with Crippen LogP contribution in [0.4, 0.5) is 0 Å². The lowest BCUT2D eigenvalue weighted by Crippen LogP contribution is -2.38. The fourth-order valence-corrected chi connectivity index (χ4v) is 2.42. The number of piperidine rings is 1. The van der Waals surface area contributed by atoms with Crippen molar-refractivity contribution >= 4 is 5.96 Å². The first-order valence-electron chi connectivity index (χ1n) is 7.93. The lowest BCUT2D eigenvalue weighted by Gasteiger charge is -2.30. The molecule has 1 heterocycles. The van der Waals surface area contributed by atoms with Crippen LogP contribution in [0.3, 0.4) is 0 Å². The van der Waals surface area contributed by atoms with Gasteiger partial charge in [0.15, 0.2) is 5.96 Å². The fraction of sp³-hybridized carbons (Fsp3) is 0.933. The van der Waals surface area contributed by atoms with E-state index in [4.69, 9.17) is 0 Å². The minimum absolute atomic E-state index is 0.936. The van der Waals surface area contributed by atoms with Gasteiger partial charge in [0.25, 0.3) is 0 Å². The summed E-state index contributed by atoms with van der Waals surface area (Å²) in [5, 5.41) is 6.66. The molecule has 0 aromatic heterocycles. The van der Waals surface area contributed by atoms with Crippen LogP contribution in [-0.4, -0.2) is 50.6 Å². The maximum atomic E-state index is 4.21. The number of hydrogen-bond donors (Lipinski definition) is 2. The van der Waals surface area contributed by atoms with Crippen molar-refractivity contribution in [3.05, 3.63) is 0 Å². The molecule has 0 bridgehead atoms. The zero-order valence-electron chi connectivity index (χ0n) is 13.0. The number of aliphatic imine (C=N–C) groups is 1. The van der Waals surface area contributed by atoms with E-state index >= 15 is 0 Å². The van der Waals surface area contributed by atoms with E-state index in [-0.39, 0.29) is 0 Å². The Hall–Kier alpha value is -0.770. The molecule has 1 fully saturated rings. The molecule has 0 amide bonds. The number of nitrogens with one attached hydrogen (secondary N) is 2. The smallest absolute Gasteiger partial charge is 0.190 e. The third-order valence-corrected chi connectivity index (χ3v) is 3.84. The second kappa shape index (κ2) is 10.1. The predicted molar refractivity (Wildman–Crippen MR) is 83.7 cm³/mol. The molecule has 1 rings (SSSR count). The van der Waals surface area contributed by atoms with Gasteiger partial charge in [-0.2, -0.15) is 0 Å². The summed E-state index contributed by atoms with van der Waals surface area (Å²) in [6.45, 7) is 10.4. The first-order valence-corrected chi connectivity index (χ1v) is 7.93. The Kier molecular flexibility index (Phi) is 8.63. The molecule has 0 saturated carbocycles. The summed E-state index contributed by atoms with van der Waals surface area (Å²) in [5.74, 6) is 1.87. The van der Waals surface area contributed by atoms with Crippen LogP contribution >= 0.6 is 0 Å². The van der Waals surface area contributed by atoms with E-state index in [9.17, 15) is 0 Å². The van der Waals surface area contributed by atoms with E-state index in [1.165, 1.54) is 45.3 Å². The molecule has 1 saturated heterocycles. The van der Waals surface area contributed by atoms with Gasteiger partial charge >= 0.3 is 0 Å². The zero-order chi connectivity index (χ0) is 13.9. The average Bonchev–Trinajstić information content (AvgIpc) is 2.44. The molecule has 0 radical (unpaired) electrons. The molecule has 4 nitrogen and oxygen atoms in total. The summed E-state index contributed by atoms with van der Waals surface area (Å²) < 4.78 is 0. The summed E-state index contributed by atoms with van der Waals surface area (Å²) in [4.78, 5) is 6.82. The van der Waals surface area contributed by atoms with E-state index in [0.717, 1.165) is 31.4 Å². The molecule has 0 spiro atoms. The number of hydrogen-bond acceptors (Lipinski definition) is 2. The molecular weight excluding hydrogens is 236 g/mol. The quantitative estimate of drug-likeness (QED) is 0.422. The van der Waals surface area contributed by atoms with Gasteiger partial charge in [-0.15, -0.1) is 0 Å². The highest BCUT2D eigenvalue weighted by Gasteiger charge is 2.14. The average molecular weight is 268 g/mol. The number of unbranched alkanes of at least 4 members (excludes halogenated alkanes) is 1. The summed E-state index contributed by atoms with van der Waals surface area (Å²) in [5.41, 5.74) is 0. The highest BCUT2D eigenvalue weighted by Crippen LogP contribution is 2.15. The largest absolute Gasteiger partial charge is 0.356 e. The second-order valence-corrected chi connectivity index (χ2v) is 5.66. The molecule has 2 N–H and O–H groups in total. The number of guanidine groups is 1. The summed E-state index contributed by atoms with van der Waals surface area (Å²) >= 11 is 0. The van der Waals surface area contributed by atoms with Crippen LogP contribution in [0, 0.1) is 5.92 Å². The van der Waals surface area contributed by atoms with Gasteiger partial charge in [0.05, 0.1) is 0 Å². The SMILES string of the molecule is CCCNC(=NC)NCCCCN1CCC(C)CC1. The maximum absolute atomic E-state index is 4.21. The number of rotatable bonds is 7. The van der Waals surface area contributed by atoms with E-state index in [2.05, 4.69) is 34.4 Å². The van der Waals surface area contributed by atoms with Crippen LogP contribution < -0.4 is 10.6 Å². The maximum Gasteiger partial charge on any atom is 0.190 e. The Balaban J connectivity index is 1.98. The number of nitrogens with zero attached hydrogens (tertiary/aromatic N) is 2. The molecule has 0 unspecified atom stereocenters. The fourth-order valence-electron chi connectivity index (χ4n) is 2.42. The molecule has 4 heteroatoms. The van der Waals surface area contributed by atoms with Gasteiger partial charge in [-0.05, 0) is 57.7 Å². The summed E-state index contributed by atoms with van der Waals surface area (Å²) in [6, 6.07) is 0. The van der Waals surface area contributed by atoms with Gasteiger partial charge in [-0.1, -0.05) is 13.8 Å². The Morgan fingerprint density at radius 3 is 2.47 bits per heavy atom. The third-order valence-electron chi connectivity index (χ3n) is 3.84. The van der Waals surface area contributed by atoms with Gasteiger partial charge in [-0.3, -0.25) is 4.99 Å². The molecule has 0 aliphatic carbocycles. The summed E-state index contributed by atoms with van der Waals surface area (Å²) in [7, 11) is 1.83. The van der Waals surface area contributed by atoms with Crippen molar-refractivity contribution in [2.75, 3.05) is 39.8 Å². The van der Waals surface area contributed by atoms with Gasteiger partial charge < -0.3 is 15.5 Å². The topological polar surface area (TPSA) is 39.7 Å². The van der Waals surface area contributed by atoms with Crippen LogP contribution in [0.25, 0.3) is 0 Å². The molecule has 0 atom stereocenters. The third kappa shape index (κ3) is 7.41. The van der Waals surface area contributed by atoms with Crippen LogP contribution in [0.1, 0.15) is 46.0 Å². The molecule has 19 heavy (non-hydrogen) atoms. The van der Waals surface area contributed by atoms with Crippen LogP contribution in [0.15, 0.2) is 4.99 Å². The van der Waals surface area contributed by atoms with Gasteiger partial charge in [0, 0.05) is 20.1 Å². The van der Waals surface area contributed by atoms with Gasteiger partial charge in [0.1, 0.15) is 0 Å². The van der Waals surface area contributed by atoms with E-state index in [1.54, 1.807) is 0 Å². The first-order chi connectivity index (χ1) is 9.26. The van der Waals surface area contributed by atoms with E-state index < -0.39 is 0 Å². The monoisotopic (exact) mass is 268 g/mol. The minimum atomic E-state index is 0.936. The molecule has 0 aromatic carbocycles. The Morgan fingerprint density at radius 1 is 1.16 bits per heavy atom. The van der Waals surface area contributed by atoms with Crippen molar-refractivity contribution in [3.8, 4) is 0 Å². The Bertz CT molecular complexity index is 245. The van der Waals surface area contributed by atoms with Gasteiger partial charge in [0.2, 0.25) is 0 Å². The van der Waals surface area contributed by atoms with E-state index in [1.807, 2.05) is 7.05 Å². The molecular formula is C15H32N4. The van der Waals surface area contributed by atoms with Crippen molar-refractivity contribution in [1.29, 1.82) is 0 Å². The normalized spacial score (nSPS) is 18.6. The van der Waals surface area contributed by atoms with Crippen molar-refractivity contribution < 1.29 is 0 Å². The zero-order valence-corrected chi connectivity index (χ0v) is 13.0. The van der Waals surface area contributed by atoms with Crippen molar-refractivity contribution in [3.63, 3.8) is 0 Å². The Morgan fingerprint density at radius 2 is 1.84 bits per heavy atom. The molecule has 1 aliphatic heterocycles. The molecule has 112 valence electrons. The van der Waals surface area contributed by atoms with Crippen molar-refractivity contribution in [2.45, 2.75) is 46.0 Å². The first kappa shape index (κ1) is 16.3. The van der Waals surface area contributed by atoms with Crippen LogP contribution in [0.2, 0.25) is 0 Å². The van der Waals surface area contributed by atoms with Crippen LogP contribution in [-0.2, 0) is 0 Å². The molecule has 1 aliphatic rings. The number of likely N-dealkylation sites (tertiary alicyclic amines) is 1. The van der Waals surface area contributed by atoms with Crippen molar-refractivity contribution in [1.82, 2.24) is 15.5 Å². The Labute approximate surface area is 119 Å². The van der Waals surface area contributed by atoms with E-state index in [0.29, 0.717) is 0 Å². The second-order valence-electron chi connectivity index (χ2n) is 5.66. The summed E-state index contributed by atoms with van der Waals surface area (Å²) in [6.07, 6.45) is 6.40. The highest BCUT2D eigenvalue weighted by molar-refractivity contribution is 5.79. The lowest BCUT2D eigenvalue weighted by atomic mass is 9.99. The van der Waals surface area contributed by atoms with Gasteiger partial charge in [-0.25, -0.2) is 0 Å². The van der Waals surface area contributed by atoms with Crippen LogP contribution in [0.5, 0.6) is 0 Å². The highest BCUT2D eigenvalue weighted by atomic mass is 15.2. The standard InChI is InChI=1S/C15H32N4/c1-4-9-17-15(16-3)18-10-5-6-11-19-12-7-14(2)8-13-19/h14H,4-13H2,1-3H3,(H2,16,17,18). The predicted octanol–water partition coefficient (Wildman–Crippen LogP) is 2.07. The lowest BCUT2D eigenvalue weighted by molar-refractivity contribution is 0.189. The molecule has 0 aromatic rings. The minimum Gasteiger partial charge on any atom is -0.356 e.